The summed E-state index contributed by atoms with van der Waals surface area (Å²) < 4.78 is 4.89. The first kappa shape index (κ1) is 17.4. The monoisotopic (exact) mass is 376 g/mol. The van der Waals surface area contributed by atoms with Crippen molar-refractivity contribution in [1.29, 1.82) is 0 Å². The van der Waals surface area contributed by atoms with Crippen LogP contribution in [0.3, 0.4) is 0 Å². The van der Waals surface area contributed by atoms with E-state index in [1.54, 1.807) is 36.4 Å². The molecule has 22 heavy (non-hydrogen) atoms. The van der Waals surface area contributed by atoms with Crippen molar-refractivity contribution in [3.63, 3.8) is 0 Å². The smallest absolute Gasteiger partial charge is 0.313 e. The van der Waals surface area contributed by atoms with E-state index >= 15 is 0 Å². The van der Waals surface area contributed by atoms with Crippen molar-refractivity contribution < 1.29 is 9.53 Å². The van der Waals surface area contributed by atoms with Crippen molar-refractivity contribution in [2.24, 2.45) is 0 Å². The molecule has 0 unspecified atom stereocenters. The number of halogens is 4. The topological polar surface area (TPSA) is 26.3 Å². The maximum absolute atomic E-state index is 12.2. The van der Waals surface area contributed by atoms with Gasteiger partial charge in [0, 0.05) is 25.7 Å². The summed E-state index contributed by atoms with van der Waals surface area (Å²) in [5.41, 5.74) is 1.29. The Labute approximate surface area is 148 Å². The Morgan fingerprint density at radius 3 is 2.23 bits per heavy atom. The summed E-state index contributed by atoms with van der Waals surface area (Å²) in [5, 5.41) is 1.82. The summed E-state index contributed by atoms with van der Waals surface area (Å²) in [6.07, 6.45) is 0.312. The SMILES string of the molecule is COC(=O)[C@H](Cc1ccc(Cl)cc1Cl)c1c(Cl)cccc1Cl. The molecule has 0 radical (unpaired) electrons. The second-order valence-corrected chi connectivity index (χ2v) is 6.31. The van der Waals surface area contributed by atoms with E-state index in [1.807, 2.05) is 0 Å². The fourth-order valence-electron chi connectivity index (χ4n) is 2.20. The highest BCUT2D eigenvalue weighted by Crippen LogP contribution is 2.36. The molecule has 6 heteroatoms. The van der Waals surface area contributed by atoms with Gasteiger partial charge in [0.05, 0.1) is 13.0 Å². The Bertz CT molecular complexity index is 680. The van der Waals surface area contributed by atoms with Crippen LogP contribution >= 0.6 is 46.4 Å². The fraction of sp³-hybridized carbons (Fsp3) is 0.188. The molecule has 0 amide bonds. The van der Waals surface area contributed by atoms with Gasteiger partial charge in [0.1, 0.15) is 0 Å². The summed E-state index contributed by atoms with van der Waals surface area (Å²) in [6, 6.07) is 10.2. The lowest BCUT2D eigenvalue weighted by atomic mass is 9.91. The van der Waals surface area contributed by atoms with Crippen LogP contribution in [0.1, 0.15) is 17.0 Å². The molecule has 116 valence electrons. The summed E-state index contributed by atoms with van der Waals surface area (Å²) in [5.74, 6) is -1.08. The number of methoxy groups -OCH3 is 1. The number of hydrogen-bond acceptors (Lipinski definition) is 2. The maximum Gasteiger partial charge on any atom is 0.313 e. The van der Waals surface area contributed by atoms with E-state index < -0.39 is 11.9 Å². The zero-order valence-corrected chi connectivity index (χ0v) is 14.6. The first-order valence-electron chi connectivity index (χ1n) is 6.39. The van der Waals surface area contributed by atoms with E-state index in [0.29, 0.717) is 32.1 Å². The second kappa shape index (κ2) is 7.56. The second-order valence-electron chi connectivity index (χ2n) is 4.65. The van der Waals surface area contributed by atoms with Crippen LogP contribution in [0.5, 0.6) is 0 Å². The molecule has 2 aromatic rings. The minimum Gasteiger partial charge on any atom is -0.469 e. The minimum atomic E-state index is -0.648. The van der Waals surface area contributed by atoms with Gasteiger partial charge >= 0.3 is 5.97 Å². The molecule has 0 fully saturated rings. The predicted molar refractivity (Wildman–Crippen MR) is 91.4 cm³/mol. The van der Waals surface area contributed by atoms with Crippen molar-refractivity contribution in [2.75, 3.05) is 7.11 Å². The van der Waals surface area contributed by atoms with E-state index in [0.717, 1.165) is 5.56 Å². The Morgan fingerprint density at radius 2 is 1.68 bits per heavy atom. The van der Waals surface area contributed by atoms with Crippen LogP contribution < -0.4 is 0 Å². The molecule has 0 saturated carbocycles. The van der Waals surface area contributed by atoms with Crippen LogP contribution in [0.2, 0.25) is 20.1 Å². The number of esters is 1. The molecule has 0 aliphatic heterocycles. The third-order valence-corrected chi connectivity index (χ3v) is 4.52. The van der Waals surface area contributed by atoms with Gasteiger partial charge in [-0.15, -0.1) is 0 Å². The lowest BCUT2D eigenvalue weighted by Crippen LogP contribution is -2.18. The molecule has 0 heterocycles. The van der Waals surface area contributed by atoms with Crippen LogP contribution in [-0.2, 0) is 16.0 Å². The van der Waals surface area contributed by atoms with Gasteiger partial charge in [0.2, 0.25) is 0 Å². The van der Waals surface area contributed by atoms with Crippen molar-refractivity contribution >= 4 is 52.4 Å². The summed E-state index contributed by atoms with van der Waals surface area (Å²) in [7, 11) is 1.32. The number of carbonyl (C=O) groups excluding carboxylic acids is 1. The first-order valence-corrected chi connectivity index (χ1v) is 7.91. The molecule has 2 aromatic carbocycles. The van der Waals surface area contributed by atoms with Gasteiger partial charge in [-0.1, -0.05) is 58.5 Å². The molecule has 0 aromatic heterocycles. The highest BCUT2D eigenvalue weighted by Gasteiger charge is 2.27. The number of benzene rings is 2. The number of ether oxygens (including phenoxy) is 1. The standard InChI is InChI=1S/C16H12Cl4O2/c1-22-16(21)11(15-12(18)3-2-4-13(15)19)7-9-5-6-10(17)8-14(9)20/h2-6,8,11H,7H2,1H3/t11-/m1/s1. The first-order chi connectivity index (χ1) is 10.4. The van der Waals surface area contributed by atoms with Gasteiger partial charge in [-0.3, -0.25) is 4.79 Å². The van der Waals surface area contributed by atoms with Gasteiger partial charge in [-0.25, -0.2) is 0 Å². The van der Waals surface area contributed by atoms with Crippen molar-refractivity contribution in [1.82, 2.24) is 0 Å². The largest absolute Gasteiger partial charge is 0.469 e. The fourth-order valence-corrected chi connectivity index (χ4v) is 3.34. The van der Waals surface area contributed by atoms with Gasteiger partial charge < -0.3 is 4.74 Å². The van der Waals surface area contributed by atoms with Crippen LogP contribution in [-0.4, -0.2) is 13.1 Å². The van der Waals surface area contributed by atoms with E-state index in [1.165, 1.54) is 7.11 Å². The van der Waals surface area contributed by atoms with E-state index in [4.69, 9.17) is 51.1 Å². The molecule has 0 N–H and O–H groups in total. The number of hydrogen-bond donors (Lipinski definition) is 0. The van der Waals surface area contributed by atoms with Crippen LogP contribution in [0.4, 0.5) is 0 Å². The summed E-state index contributed by atoms with van der Waals surface area (Å²) in [6.45, 7) is 0. The zero-order chi connectivity index (χ0) is 16.3. The molecule has 0 spiro atoms. The highest BCUT2D eigenvalue weighted by atomic mass is 35.5. The molecule has 2 rings (SSSR count). The predicted octanol–water partition coefficient (Wildman–Crippen LogP) is 5.80. The lowest BCUT2D eigenvalue weighted by molar-refractivity contribution is -0.142. The quantitative estimate of drug-likeness (QED) is 0.629. The Balaban J connectivity index is 2.45. The Kier molecular flexibility index (Phi) is 5.99. The van der Waals surface area contributed by atoms with Gasteiger partial charge in [0.25, 0.3) is 0 Å². The minimum absolute atomic E-state index is 0.312. The summed E-state index contributed by atoms with van der Waals surface area (Å²) >= 11 is 24.5. The molecular weight excluding hydrogens is 366 g/mol. The highest BCUT2D eigenvalue weighted by molar-refractivity contribution is 6.36. The molecular formula is C16H12Cl4O2. The van der Waals surface area contributed by atoms with E-state index in [9.17, 15) is 4.79 Å². The van der Waals surface area contributed by atoms with Crippen LogP contribution in [0.15, 0.2) is 36.4 Å². The van der Waals surface area contributed by atoms with Gasteiger partial charge in [0.15, 0.2) is 0 Å². The third-order valence-electron chi connectivity index (χ3n) is 3.27. The Morgan fingerprint density at radius 1 is 1.05 bits per heavy atom. The average Bonchev–Trinajstić information content (AvgIpc) is 2.47. The maximum atomic E-state index is 12.2. The van der Waals surface area contributed by atoms with Gasteiger partial charge in [-0.2, -0.15) is 0 Å². The van der Waals surface area contributed by atoms with E-state index in [2.05, 4.69) is 0 Å². The summed E-state index contributed by atoms with van der Waals surface area (Å²) in [4.78, 5) is 12.2. The number of carbonyl (C=O) groups is 1. The lowest BCUT2D eigenvalue weighted by Gasteiger charge is -2.18. The zero-order valence-electron chi connectivity index (χ0n) is 11.6. The third kappa shape index (κ3) is 3.88. The van der Waals surface area contributed by atoms with Crippen LogP contribution in [0, 0.1) is 0 Å². The average molecular weight is 378 g/mol. The molecule has 0 aliphatic carbocycles. The molecule has 0 bridgehead atoms. The molecule has 0 saturated heterocycles. The van der Waals surface area contributed by atoms with Crippen LogP contribution in [0.25, 0.3) is 0 Å². The van der Waals surface area contributed by atoms with Crippen molar-refractivity contribution in [3.05, 3.63) is 67.6 Å². The normalized spacial score (nSPS) is 12.0. The Hall–Kier alpha value is -0.930. The number of rotatable bonds is 4. The van der Waals surface area contributed by atoms with E-state index in [-0.39, 0.29) is 0 Å². The van der Waals surface area contributed by atoms with Crippen molar-refractivity contribution in [3.8, 4) is 0 Å². The molecule has 2 nitrogen and oxygen atoms in total. The molecule has 1 atom stereocenters. The molecule has 0 aliphatic rings. The van der Waals surface area contributed by atoms with Gasteiger partial charge in [-0.05, 0) is 36.2 Å². The van der Waals surface area contributed by atoms with Crippen molar-refractivity contribution in [2.45, 2.75) is 12.3 Å².